The smallest absolute Gasteiger partial charge is 0.319 e. The molecule has 0 radical (unpaired) electrons. The molecule has 1 aliphatic heterocycles. The molecule has 176 valence electrons. The van der Waals surface area contributed by atoms with Crippen molar-refractivity contribution < 1.29 is 17.9 Å². The van der Waals surface area contributed by atoms with E-state index in [4.69, 9.17) is 4.74 Å². The fourth-order valence-corrected chi connectivity index (χ4v) is 5.63. The summed E-state index contributed by atoms with van der Waals surface area (Å²) in [6, 6.07) is 16.7. The second kappa shape index (κ2) is 9.27. The van der Waals surface area contributed by atoms with Crippen molar-refractivity contribution in [2.45, 2.75) is 51.2 Å². The summed E-state index contributed by atoms with van der Waals surface area (Å²) in [6.45, 7) is 7.43. The van der Waals surface area contributed by atoms with E-state index in [0.717, 1.165) is 25.1 Å². The number of piperidine rings is 1. The molecule has 8 heteroatoms. The number of rotatable bonds is 7. The molecule has 0 aromatic heterocycles. The molecule has 33 heavy (non-hydrogen) atoms. The van der Waals surface area contributed by atoms with Crippen molar-refractivity contribution in [3.63, 3.8) is 0 Å². The van der Waals surface area contributed by atoms with Gasteiger partial charge >= 0.3 is 5.97 Å². The SMILES string of the molecule is Cc1ccc(S(=O)(=O)NN=C2C3CCC2(C(=O)OC(C)C)CN(Cc2ccccc2)C3)cc1. The molecule has 1 saturated carbocycles. The molecule has 2 fully saturated rings. The third-order valence-corrected chi connectivity index (χ3v) is 7.59. The van der Waals surface area contributed by atoms with E-state index < -0.39 is 15.4 Å². The summed E-state index contributed by atoms with van der Waals surface area (Å²) >= 11 is 0. The van der Waals surface area contributed by atoms with Crippen molar-refractivity contribution in [2.75, 3.05) is 13.1 Å². The fraction of sp³-hybridized carbons (Fsp3) is 0.440. The van der Waals surface area contributed by atoms with Gasteiger partial charge in [-0.1, -0.05) is 48.0 Å². The molecule has 2 aliphatic rings. The van der Waals surface area contributed by atoms with Crippen molar-refractivity contribution in [1.29, 1.82) is 0 Å². The molecule has 4 rings (SSSR count). The summed E-state index contributed by atoms with van der Waals surface area (Å²) in [5.74, 6) is -0.339. The lowest BCUT2D eigenvalue weighted by Crippen LogP contribution is -2.54. The number of aryl methyl sites for hydroxylation is 1. The number of hydrazone groups is 1. The first-order valence-electron chi connectivity index (χ1n) is 11.3. The van der Waals surface area contributed by atoms with Gasteiger partial charge < -0.3 is 4.74 Å². The Labute approximate surface area is 195 Å². The summed E-state index contributed by atoms with van der Waals surface area (Å²) in [4.78, 5) is 18.1. The van der Waals surface area contributed by atoms with Gasteiger partial charge in [0.25, 0.3) is 10.0 Å². The van der Waals surface area contributed by atoms with Crippen LogP contribution in [0.5, 0.6) is 0 Å². The van der Waals surface area contributed by atoms with E-state index in [2.05, 4.69) is 27.0 Å². The van der Waals surface area contributed by atoms with E-state index in [-0.39, 0.29) is 22.9 Å². The third kappa shape index (κ3) is 4.96. The predicted molar refractivity (Wildman–Crippen MR) is 127 cm³/mol. The maximum Gasteiger partial charge on any atom is 0.319 e. The van der Waals surface area contributed by atoms with Crippen molar-refractivity contribution in [1.82, 2.24) is 9.73 Å². The van der Waals surface area contributed by atoms with Gasteiger partial charge in [-0.05, 0) is 51.3 Å². The summed E-state index contributed by atoms with van der Waals surface area (Å²) in [7, 11) is -3.84. The molecule has 2 unspecified atom stereocenters. The van der Waals surface area contributed by atoms with Crippen LogP contribution in [-0.4, -0.2) is 44.2 Å². The third-order valence-electron chi connectivity index (χ3n) is 6.37. The number of sulfonamides is 1. The minimum atomic E-state index is -3.84. The van der Waals surface area contributed by atoms with Crippen LogP contribution in [0.2, 0.25) is 0 Å². The average Bonchev–Trinajstić information content (AvgIpc) is 2.99. The van der Waals surface area contributed by atoms with Crippen LogP contribution in [0.25, 0.3) is 0 Å². The van der Waals surface area contributed by atoms with E-state index in [1.54, 1.807) is 24.3 Å². The van der Waals surface area contributed by atoms with E-state index in [1.807, 2.05) is 39.0 Å². The Morgan fingerprint density at radius 3 is 2.55 bits per heavy atom. The van der Waals surface area contributed by atoms with Gasteiger partial charge in [-0.2, -0.15) is 13.5 Å². The van der Waals surface area contributed by atoms with Crippen LogP contribution in [0.15, 0.2) is 64.6 Å². The predicted octanol–water partition coefficient (Wildman–Crippen LogP) is 3.49. The number of hydrogen-bond donors (Lipinski definition) is 1. The van der Waals surface area contributed by atoms with Crippen LogP contribution in [0.3, 0.4) is 0 Å². The first-order chi connectivity index (χ1) is 15.7. The summed E-state index contributed by atoms with van der Waals surface area (Å²) in [5, 5.41) is 4.37. The van der Waals surface area contributed by atoms with Gasteiger partial charge in [0.2, 0.25) is 0 Å². The largest absolute Gasteiger partial charge is 0.462 e. The second-order valence-electron chi connectivity index (χ2n) is 9.33. The van der Waals surface area contributed by atoms with Crippen molar-refractivity contribution in [3.05, 3.63) is 65.7 Å². The summed E-state index contributed by atoms with van der Waals surface area (Å²) in [6.07, 6.45) is 1.10. The van der Waals surface area contributed by atoms with Gasteiger partial charge in [-0.25, -0.2) is 4.83 Å². The van der Waals surface area contributed by atoms with Crippen LogP contribution >= 0.6 is 0 Å². The molecule has 2 atom stereocenters. The van der Waals surface area contributed by atoms with Crippen LogP contribution in [0.4, 0.5) is 0 Å². The second-order valence-corrected chi connectivity index (χ2v) is 11.0. The van der Waals surface area contributed by atoms with Gasteiger partial charge in [0, 0.05) is 25.6 Å². The van der Waals surface area contributed by atoms with E-state index in [0.29, 0.717) is 18.7 Å². The number of benzene rings is 2. The minimum absolute atomic E-state index is 0.0112. The highest BCUT2D eigenvalue weighted by molar-refractivity contribution is 7.89. The number of ether oxygens (including phenoxy) is 1. The number of fused-ring (bicyclic) bond motifs is 2. The lowest BCUT2D eigenvalue weighted by molar-refractivity contribution is -0.156. The average molecular weight is 470 g/mol. The lowest BCUT2D eigenvalue weighted by Gasteiger charge is -2.40. The maximum atomic E-state index is 13.3. The number of hydrogen-bond acceptors (Lipinski definition) is 6. The highest BCUT2D eigenvalue weighted by atomic mass is 32.2. The Balaban J connectivity index is 1.62. The van der Waals surface area contributed by atoms with Crippen molar-refractivity contribution in [2.24, 2.45) is 16.4 Å². The van der Waals surface area contributed by atoms with E-state index >= 15 is 0 Å². The Bertz CT molecular complexity index is 1130. The molecule has 2 aromatic rings. The molecule has 1 aliphatic carbocycles. The number of carbonyl (C=O) groups is 1. The molecule has 1 heterocycles. The molecule has 2 bridgehead atoms. The molecule has 7 nitrogen and oxygen atoms in total. The van der Waals surface area contributed by atoms with Crippen LogP contribution in [-0.2, 0) is 26.1 Å². The monoisotopic (exact) mass is 469 g/mol. The first-order valence-corrected chi connectivity index (χ1v) is 12.8. The molecule has 2 aromatic carbocycles. The molecular formula is C25H31N3O4S. The zero-order valence-electron chi connectivity index (χ0n) is 19.3. The number of carbonyl (C=O) groups excluding carboxylic acids is 1. The zero-order valence-corrected chi connectivity index (χ0v) is 20.1. The normalized spacial score (nSPS) is 24.2. The molecular weight excluding hydrogens is 438 g/mol. The quantitative estimate of drug-likeness (QED) is 0.495. The van der Waals surface area contributed by atoms with Gasteiger partial charge in [-0.15, -0.1) is 0 Å². The van der Waals surface area contributed by atoms with Gasteiger partial charge in [0.15, 0.2) is 0 Å². The van der Waals surface area contributed by atoms with Gasteiger partial charge in [0.05, 0.1) is 16.7 Å². The van der Waals surface area contributed by atoms with Gasteiger partial charge in [-0.3, -0.25) is 9.69 Å². The maximum absolute atomic E-state index is 13.3. The highest BCUT2D eigenvalue weighted by Crippen LogP contribution is 2.45. The fourth-order valence-electron chi connectivity index (χ4n) is 4.81. The highest BCUT2D eigenvalue weighted by Gasteiger charge is 2.57. The number of esters is 1. The molecule has 0 spiro atoms. The number of likely N-dealkylation sites (tertiary alicyclic amines) is 1. The minimum Gasteiger partial charge on any atom is -0.462 e. The van der Waals surface area contributed by atoms with E-state index in [1.165, 1.54) is 5.56 Å². The standard InChI is InChI=1S/C25H31N3O4S/c1-18(2)32-24(29)25-14-13-21(16-28(17-25)15-20-7-5-4-6-8-20)23(25)26-27-33(30,31)22-11-9-19(3)10-12-22/h4-12,18,21,27H,13-17H2,1-3H3. The molecule has 0 amide bonds. The summed E-state index contributed by atoms with van der Waals surface area (Å²) < 4.78 is 31.3. The first kappa shape index (κ1) is 23.4. The Morgan fingerprint density at radius 1 is 1.18 bits per heavy atom. The number of nitrogens with one attached hydrogen (secondary N) is 1. The zero-order chi connectivity index (χ0) is 23.6. The van der Waals surface area contributed by atoms with Crippen molar-refractivity contribution in [3.8, 4) is 0 Å². The topological polar surface area (TPSA) is 88.1 Å². The van der Waals surface area contributed by atoms with Gasteiger partial charge in [0.1, 0.15) is 5.41 Å². The van der Waals surface area contributed by atoms with E-state index in [9.17, 15) is 13.2 Å². The lowest BCUT2D eigenvalue weighted by atomic mass is 9.79. The van der Waals surface area contributed by atoms with Crippen LogP contribution in [0.1, 0.15) is 37.8 Å². The van der Waals surface area contributed by atoms with Crippen LogP contribution < -0.4 is 4.83 Å². The Morgan fingerprint density at radius 2 is 1.88 bits per heavy atom. The molecule has 1 saturated heterocycles. The molecule has 1 N–H and O–H groups in total. The Hall–Kier alpha value is -2.71. The summed E-state index contributed by atoms with van der Waals surface area (Å²) in [5.41, 5.74) is 1.79. The Kier molecular flexibility index (Phi) is 6.59. The van der Waals surface area contributed by atoms with Crippen molar-refractivity contribution >= 4 is 21.7 Å². The number of nitrogens with zero attached hydrogens (tertiary/aromatic N) is 2. The van der Waals surface area contributed by atoms with Crippen LogP contribution in [0, 0.1) is 18.3 Å².